The average molecular weight is 348 g/mol. The summed E-state index contributed by atoms with van der Waals surface area (Å²) in [6, 6.07) is 16.3. The Labute approximate surface area is 141 Å². The van der Waals surface area contributed by atoms with Gasteiger partial charge in [-0.15, -0.1) is 5.73 Å². The maximum atomic E-state index is 14.1. The third-order valence-electron chi connectivity index (χ3n) is 3.53. The summed E-state index contributed by atoms with van der Waals surface area (Å²) in [5.41, 5.74) is 4.09. The van der Waals surface area contributed by atoms with E-state index in [1.807, 2.05) is 30.3 Å². The number of alkyl halides is 2. The molecule has 2 rings (SSSR count). The molecule has 0 aliphatic carbocycles. The van der Waals surface area contributed by atoms with E-state index in [2.05, 4.69) is 5.73 Å². The van der Waals surface area contributed by atoms with Crippen LogP contribution in [0.2, 0.25) is 0 Å². The van der Waals surface area contributed by atoms with E-state index in [4.69, 9.17) is 0 Å². The first kappa shape index (κ1) is 18.1. The number of halogens is 2. The fourth-order valence-electron chi connectivity index (χ4n) is 2.09. The van der Waals surface area contributed by atoms with Gasteiger partial charge in [-0.25, -0.2) is 8.42 Å². The Bertz CT molecular complexity index is 835. The Balaban J connectivity index is 2.16. The molecule has 0 spiro atoms. The lowest BCUT2D eigenvalue weighted by Gasteiger charge is -2.12. The molecule has 2 aromatic carbocycles. The Hall–Kier alpha value is -2.23. The molecule has 0 aromatic heterocycles. The first-order valence-electron chi connectivity index (χ1n) is 7.48. The van der Waals surface area contributed by atoms with E-state index in [9.17, 15) is 17.2 Å². The lowest BCUT2D eigenvalue weighted by molar-refractivity contribution is 0.147. The van der Waals surface area contributed by atoms with Gasteiger partial charge < -0.3 is 0 Å². The number of aryl methyl sites for hydroxylation is 1. The first-order valence-corrected chi connectivity index (χ1v) is 8.96. The summed E-state index contributed by atoms with van der Waals surface area (Å²) >= 11 is 0. The van der Waals surface area contributed by atoms with Crippen molar-refractivity contribution in [3.8, 4) is 0 Å². The summed E-state index contributed by atoms with van der Waals surface area (Å²) < 4.78 is 52.2. The van der Waals surface area contributed by atoms with Crippen molar-refractivity contribution in [1.82, 2.24) is 0 Å². The van der Waals surface area contributed by atoms with E-state index in [1.54, 1.807) is 13.0 Å². The second-order valence-electron chi connectivity index (χ2n) is 5.43. The second-order valence-corrected chi connectivity index (χ2v) is 7.46. The number of rotatable bonds is 6. The molecule has 126 valence electrons. The average Bonchev–Trinajstić information content (AvgIpc) is 2.59. The second kappa shape index (κ2) is 7.56. The fourth-order valence-corrected chi connectivity index (χ4v) is 3.13. The van der Waals surface area contributed by atoms with Gasteiger partial charge in [0.15, 0.2) is 0 Å². The van der Waals surface area contributed by atoms with Gasteiger partial charge in [0.05, 0.1) is 4.90 Å². The molecular weight excluding hydrogens is 330 g/mol. The summed E-state index contributed by atoms with van der Waals surface area (Å²) in [5, 5.41) is -4.00. The van der Waals surface area contributed by atoms with Gasteiger partial charge in [0.2, 0.25) is 9.84 Å². The van der Waals surface area contributed by atoms with Crippen molar-refractivity contribution in [2.45, 2.75) is 29.9 Å². The highest BCUT2D eigenvalue weighted by Crippen LogP contribution is 2.30. The number of sulfone groups is 1. The van der Waals surface area contributed by atoms with Crippen LogP contribution in [0.4, 0.5) is 8.78 Å². The summed E-state index contributed by atoms with van der Waals surface area (Å²) in [6.45, 7) is 1.66. The zero-order valence-electron chi connectivity index (χ0n) is 13.2. The highest BCUT2D eigenvalue weighted by Gasteiger charge is 2.43. The molecule has 5 heteroatoms. The lowest BCUT2D eigenvalue weighted by Crippen LogP contribution is -2.26. The van der Waals surface area contributed by atoms with Gasteiger partial charge in [-0.05, 0) is 43.0 Å². The van der Waals surface area contributed by atoms with Crippen molar-refractivity contribution in [2.75, 3.05) is 0 Å². The maximum Gasteiger partial charge on any atom is 0.375 e. The van der Waals surface area contributed by atoms with E-state index in [0.717, 1.165) is 17.7 Å². The summed E-state index contributed by atoms with van der Waals surface area (Å²) in [6.07, 6.45) is 1.56. The van der Waals surface area contributed by atoms with Gasteiger partial charge in [-0.2, -0.15) is 8.78 Å². The van der Waals surface area contributed by atoms with Gasteiger partial charge in [-0.1, -0.05) is 48.5 Å². The van der Waals surface area contributed by atoms with Gasteiger partial charge in [0, 0.05) is 6.08 Å². The summed E-state index contributed by atoms with van der Waals surface area (Å²) in [7, 11) is -4.77. The van der Waals surface area contributed by atoms with Crippen molar-refractivity contribution in [2.24, 2.45) is 0 Å². The Morgan fingerprint density at radius 1 is 1.04 bits per heavy atom. The molecule has 0 amide bonds. The molecule has 0 heterocycles. The summed E-state index contributed by atoms with van der Waals surface area (Å²) in [5.74, 6) is 0. The summed E-state index contributed by atoms with van der Waals surface area (Å²) in [4.78, 5) is -0.407. The largest absolute Gasteiger partial charge is 0.375 e. The number of hydrogen-bond donors (Lipinski definition) is 0. The van der Waals surface area contributed by atoms with E-state index in [-0.39, 0.29) is 0 Å². The van der Waals surface area contributed by atoms with E-state index < -0.39 is 20.0 Å². The van der Waals surface area contributed by atoms with Crippen LogP contribution in [0.1, 0.15) is 18.9 Å². The van der Waals surface area contributed by atoms with Gasteiger partial charge in [0.25, 0.3) is 0 Å². The fraction of sp³-hybridized carbons (Fsp3) is 0.211. The monoisotopic (exact) mass is 348 g/mol. The minimum Gasteiger partial charge on any atom is -0.217 e. The van der Waals surface area contributed by atoms with Crippen LogP contribution in [0.3, 0.4) is 0 Å². The van der Waals surface area contributed by atoms with Crippen LogP contribution in [-0.2, 0) is 16.3 Å². The van der Waals surface area contributed by atoms with Crippen molar-refractivity contribution in [3.05, 3.63) is 83.6 Å². The van der Waals surface area contributed by atoms with Crippen LogP contribution in [0, 0.1) is 0 Å². The van der Waals surface area contributed by atoms with Crippen LogP contribution in [0.5, 0.6) is 0 Å². The van der Waals surface area contributed by atoms with Gasteiger partial charge in [0.1, 0.15) is 0 Å². The molecule has 0 bridgehead atoms. The minimum absolute atomic E-state index is 0.343. The molecule has 2 aromatic rings. The standard InChI is InChI=1S/C19H18F2O2S/c1-16(12-13-17-8-4-2-5-9-17)14-15-19(20,21)24(22,23)18-10-6-3-7-11-18/h2-11,15H,12-13H2,1H3. The Morgan fingerprint density at radius 2 is 1.58 bits per heavy atom. The Kier molecular flexibility index (Phi) is 5.71. The van der Waals surface area contributed by atoms with Gasteiger partial charge >= 0.3 is 5.25 Å². The molecule has 0 fully saturated rings. The predicted molar refractivity (Wildman–Crippen MR) is 90.6 cm³/mol. The third-order valence-corrected chi connectivity index (χ3v) is 5.26. The zero-order chi connectivity index (χ0) is 17.6. The van der Waals surface area contributed by atoms with Crippen LogP contribution in [0.25, 0.3) is 0 Å². The Morgan fingerprint density at radius 3 is 2.17 bits per heavy atom. The minimum atomic E-state index is -4.77. The van der Waals surface area contributed by atoms with E-state index in [0.29, 0.717) is 24.5 Å². The van der Waals surface area contributed by atoms with Crippen LogP contribution in [0.15, 0.2) is 82.9 Å². The topological polar surface area (TPSA) is 34.1 Å². The first-order chi connectivity index (χ1) is 11.3. The predicted octanol–water partition coefficient (Wildman–Crippen LogP) is 4.79. The van der Waals surface area contributed by atoms with E-state index in [1.165, 1.54) is 12.1 Å². The van der Waals surface area contributed by atoms with Crippen LogP contribution < -0.4 is 0 Å². The van der Waals surface area contributed by atoms with Crippen LogP contribution >= 0.6 is 0 Å². The molecule has 0 saturated carbocycles. The number of benzene rings is 2. The molecule has 0 unspecified atom stereocenters. The molecule has 0 aliphatic rings. The van der Waals surface area contributed by atoms with Crippen molar-refractivity contribution in [1.29, 1.82) is 0 Å². The highest BCUT2D eigenvalue weighted by molar-refractivity contribution is 7.92. The van der Waals surface area contributed by atoms with Gasteiger partial charge in [-0.3, -0.25) is 0 Å². The lowest BCUT2D eigenvalue weighted by atomic mass is 10.1. The SMILES string of the molecule is CC(=C=CC(F)(F)S(=O)(=O)c1ccccc1)CCc1ccccc1. The van der Waals surface area contributed by atoms with Crippen molar-refractivity contribution in [3.63, 3.8) is 0 Å². The molecule has 24 heavy (non-hydrogen) atoms. The zero-order valence-corrected chi connectivity index (χ0v) is 14.1. The maximum absolute atomic E-state index is 14.1. The molecule has 0 atom stereocenters. The normalized spacial score (nSPS) is 11.6. The van der Waals surface area contributed by atoms with Crippen molar-refractivity contribution >= 4 is 9.84 Å². The smallest absolute Gasteiger partial charge is 0.217 e. The molecular formula is C19H18F2O2S. The molecule has 2 nitrogen and oxygen atoms in total. The molecule has 0 N–H and O–H groups in total. The van der Waals surface area contributed by atoms with Crippen LogP contribution in [-0.4, -0.2) is 13.7 Å². The molecule has 0 aliphatic heterocycles. The molecule has 0 radical (unpaired) electrons. The molecule has 0 saturated heterocycles. The number of hydrogen-bond acceptors (Lipinski definition) is 2. The van der Waals surface area contributed by atoms with Crippen molar-refractivity contribution < 1.29 is 17.2 Å². The third kappa shape index (κ3) is 4.40. The highest BCUT2D eigenvalue weighted by atomic mass is 32.2. The van der Waals surface area contributed by atoms with E-state index >= 15 is 0 Å². The quantitative estimate of drug-likeness (QED) is 0.704.